The zero-order chi connectivity index (χ0) is 16.1. The van der Waals surface area contributed by atoms with Crippen LogP contribution in [0.4, 0.5) is 16.2 Å². The van der Waals surface area contributed by atoms with Crippen LogP contribution >= 0.6 is 0 Å². The quantitative estimate of drug-likeness (QED) is 0.661. The minimum atomic E-state index is -0.465. The molecule has 7 heteroatoms. The number of non-ortho nitro benzene ring substituents is 1. The van der Waals surface area contributed by atoms with Crippen LogP contribution in [0.5, 0.6) is 0 Å². The highest BCUT2D eigenvalue weighted by molar-refractivity contribution is 5.89. The first-order valence-corrected chi connectivity index (χ1v) is 7.46. The number of carbonyl (C=O) groups is 1. The highest BCUT2D eigenvalue weighted by Crippen LogP contribution is 2.22. The standard InChI is InChI=1S/C15H22N4O3/c1-18(2)14-6-4-3-5-13(14)17-15(20)16-11-7-9-12(10-8-11)19(21)22/h7-10,13-14H,3-6H2,1-2H3,(H2,16,17,20)/t13-,14-/m0/s1. The number of likely N-dealkylation sites (N-methyl/N-ethyl adjacent to an activating group) is 1. The zero-order valence-corrected chi connectivity index (χ0v) is 12.9. The van der Waals surface area contributed by atoms with E-state index in [9.17, 15) is 14.9 Å². The van der Waals surface area contributed by atoms with E-state index in [1.807, 2.05) is 14.1 Å². The first-order chi connectivity index (χ1) is 10.5. The number of hydrogen-bond acceptors (Lipinski definition) is 4. The van der Waals surface area contributed by atoms with Gasteiger partial charge in [-0.3, -0.25) is 10.1 Å². The Kier molecular flexibility index (Phi) is 5.32. The number of nitrogens with one attached hydrogen (secondary N) is 2. The Morgan fingerprint density at radius 3 is 2.45 bits per heavy atom. The van der Waals surface area contributed by atoms with Gasteiger partial charge in [0.2, 0.25) is 0 Å². The molecule has 1 saturated carbocycles. The highest BCUT2D eigenvalue weighted by Gasteiger charge is 2.27. The molecule has 120 valence electrons. The Hall–Kier alpha value is -2.15. The van der Waals surface area contributed by atoms with Crippen LogP contribution in [0.2, 0.25) is 0 Å². The molecule has 0 aliphatic heterocycles. The van der Waals surface area contributed by atoms with Crippen LogP contribution in [0.25, 0.3) is 0 Å². The highest BCUT2D eigenvalue weighted by atomic mass is 16.6. The summed E-state index contributed by atoms with van der Waals surface area (Å²) in [5, 5.41) is 16.3. The van der Waals surface area contributed by atoms with Gasteiger partial charge in [-0.2, -0.15) is 0 Å². The molecular weight excluding hydrogens is 284 g/mol. The van der Waals surface area contributed by atoms with Crippen molar-refractivity contribution < 1.29 is 9.72 Å². The summed E-state index contributed by atoms with van der Waals surface area (Å²) in [7, 11) is 4.05. The van der Waals surface area contributed by atoms with Crippen molar-refractivity contribution in [3.63, 3.8) is 0 Å². The van der Waals surface area contributed by atoms with Crippen LogP contribution in [0.1, 0.15) is 25.7 Å². The number of nitro benzene ring substituents is 1. The number of hydrogen-bond donors (Lipinski definition) is 2. The summed E-state index contributed by atoms with van der Waals surface area (Å²) in [6.45, 7) is 0. The van der Waals surface area contributed by atoms with E-state index in [1.54, 1.807) is 0 Å². The molecule has 0 heterocycles. The van der Waals surface area contributed by atoms with E-state index in [0.717, 1.165) is 19.3 Å². The fourth-order valence-corrected chi connectivity index (χ4v) is 2.90. The van der Waals surface area contributed by atoms with Crippen LogP contribution < -0.4 is 10.6 Å². The molecular formula is C15H22N4O3. The molecule has 1 aliphatic carbocycles. The van der Waals surface area contributed by atoms with Gasteiger partial charge in [0.25, 0.3) is 5.69 Å². The first kappa shape index (κ1) is 16.2. The van der Waals surface area contributed by atoms with E-state index in [0.29, 0.717) is 11.7 Å². The number of benzene rings is 1. The Morgan fingerprint density at radius 2 is 1.86 bits per heavy atom. The van der Waals surface area contributed by atoms with E-state index < -0.39 is 4.92 Å². The number of anilines is 1. The summed E-state index contributed by atoms with van der Waals surface area (Å²) in [6, 6.07) is 6.01. The Labute approximate surface area is 129 Å². The maximum atomic E-state index is 12.1. The fraction of sp³-hybridized carbons (Fsp3) is 0.533. The molecule has 2 rings (SSSR count). The lowest BCUT2D eigenvalue weighted by atomic mass is 9.89. The van der Waals surface area contributed by atoms with E-state index in [-0.39, 0.29) is 17.8 Å². The zero-order valence-electron chi connectivity index (χ0n) is 12.9. The summed E-state index contributed by atoms with van der Waals surface area (Å²) < 4.78 is 0. The molecule has 0 bridgehead atoms. The first-order valence-electron chi connectivity index (χ1n) is 7.46. The SMILES string of the molecule is CN(C)[C@H]1CCCC[C@@H]1NC(=O)Nc1ccc([N+](=O)[O-])cc1. The maximum Gasteiger partial charge on any atom is 0.319 e. The Balaban J connectivity index is 1.92. The van der Waals surface area contributed by atoms with E-state index in [1.165, 1.54) is 30.7 Å². The third-order valence-corrected chi connectivity index (χ3v) is 4.05. The fourth-order valence-electron chi connectivity index (χ4n) is 2.90. The van der Waals surface area contributed by atoms with E-state index in [2.05, 4.69) is 15.5 Å². The molecule has 0 radical (unpaired) electrons. The van der Waals surface area contributed by atoms with Gasteiger partial charge in [0.1, 0.15) is 0 Å². The molecule has 22 heavy (non-hydrogen) atoms. The summed E-state index contributed by atoms with van der Waals surface area (Å²) in [4.78, 5) is 24.4. The van der Waals surface area contributed by atoms with Crippen LogP contribution in [0.3, 0.4) is 0 Å². The third kappa shape index (κ3) is 4.17. The van der Waals surface area contributed by atoms with Gasteiger partial charge in [0.15, 0.2) is 0 Å². The van der Waals surface area contributed by atoms with Gasteiger partial charge in [-0.15, -0.1) is 0 Å². The van der Waals surface area contributed by atoms with Crippen molar-refractivity contribution in [2.75, 3.05) is 19.4 Å². The smallest absolute Gasteiger partial charge is 0.319 e. The van der Waals surface area contributed by atoms with E-state index in [4.69, 9.17) is 0 Å². The monoisotopic (exact) mass is 306 g/mol. The normalized spacial score (nSPS) is 21.4. The molecule has 2 N–H and O–H groups in total. The van der Waals surface area contributed by atoms with Crippen molar-refractivity contribution in [2.24, 2.45) is 0 Å². The summed E-state index contributed by atoms with van der Waals surface area (Å²) in [6.07, 6.45) is 4.35. The number of rotatable bonds is 4. The van der Waals surface area contributed by atoms with Crippen LogP contribution in [-0.4, -0.2) is 42.0 Å². The van der Waals surface area contributed by atoms with E-state index >= 15 is 0 Å². The molecule has 0 aromatic heterocycles. The average molecular weight is 306 g/mol. The number of urea groups is 1. The molecule has 2 amide bonds. The van der Waals surface area contributed by atoms with Gasteiger partial charge in [0, 0.05) is 29.9 Å². The van der Waals surface area contributed by atoms with Crippen molar-refractivity contribution in [1.82, 2.24) is 10.2 Å². The number of nitrogens with zero attached hydrogens (tertiary/aromatic N) is 2. The number of nitro groups is 1. The van der Waals surface area contributed by atoms with Gasteiger partial charge >= 0.3 is 6.03 Å². The summed E-state index contributed by atoms with van der Waals surface area (Å²) in [5.74, 6) is 0. The minimum absolute atomic E-state index is 0.00547. The largest absolute Gasteiger partial charge is 0.334 e. The lowest BCUT2D eigenvalue weighted by Gasteiger charge is -2.36. The molecule has 0 spiro atoms. The van der Waals surface area contributed by atoms with Crippen molar-refractivity contribution >= 4 is 17.4 Å². The van der Waals surface area contributed by atoms with Crippen molar-refractivity contribution in [3.8, 4) is 0 Å². The lowest BCUT2D eigenvalue weighted by Crippen LogP contribution is -2.52. The lowest BCUT2D eigenvalue weighted by molar-refractivity contribution is -0.384. The summed E-state index contributed by atoms with van der Waals surface area (Å²) in [5.41, 5.74) is 0.547. The molecule has 1 aromatic rings. The molecule has 1 aliphatic rings. The number of amides is 2. The molecule has 1 fully saturated rings. The molecule has 7 nitrogen and oxygen atoms in total. The Bertz CT molecular complexity index is 530. The topological polar surface area (TPSA) is 87.5 Å². The second kappa shape index (κ2) is 7.22. The van der Waals surface area contributed by atoms with Crippen LogP contribution in [0, 0.1) is 10.1 Å². The Morgan fingerprint density at radius 1 is 1.23 bits per heavy atom. The van der Waals surface area contributed by atoms with Crippen LogP contribution in [0.15, 0.2) is 24.3 Å². The molecule has 0 saturated heterocycles. The minimum Gasteiger partial charge on any atom is -0.334 e. The predicted molar refractivity (Wildman–Crippen MR) is 85.0 cm³/mol. The third-order valence-electron chi connectivity index (χ3n) is 4.05. The average Bonchev–Trinajstić information content (AvgIpc) is 2.48. The van der Waals surface area contributed by atoms with Gasteiger partial charge in [-0.25, -0.2) is 4.79 Å². The molecule has 2 atom stereocenters. The number of carbonyl (C=O) groups excluding carboxylic acids is 1. The van der Waals surface area contributed by atoms with Crippen molar-refractivity contribution in [3.05, 3.63) is 34.4 Å². The van der Waals surface area contributed by atoms with Crippen molar-refractivity contribution in [1.29, 1.82) is 0 Å². The maximum absolute atomic E-state index is 12.1. The van der Waals surface area contributed by atoms with Gasteiger partial charge in [0.05, 0.1) is 4.92 Å². The predicted octanol–water partition coefficient (Wildman–Crippen LogP) is 2.59. The van der Waals surface area contributed by atoms with Crippen LogP contribution in [-0.2, 0) is 0 Å². The molecule has 0 unspecified atom stereocenters. The van der Waals surface area contributed by atoms with Gasteiger partial charge < -0.3 is 15.5 Å². The molecule has 1 aromatic carbocycles. The second-order valence-corrected chi connectivity index (χ2v) is 5.82. The van der Waals surface area contributed by atoms with Gasteiger partial charge in [-0.05, 0) is 39.1 Å². The second-order valence-electron chi connectivity index (χ2n) is 5.82. The van der Waals surface area contributed by atoms with Gasteiger partial charge in [-0.1, -0.05) is 12.8 Å². The summed E-state index contributed by atoms with van der Waals surface area (Å²) >= 11 is 0. The van der Waals surface area contributed by atoms with Crippen molar-refractivity contribution in [2.45, 2.75) is 37.8 Å².